The van der Waals surface area contributed by atoms with Gasteiger partial charge in [-0.3, -0.25) is 4.79 Å². The van der Waals surface area contributed by atoms with Crippen molar-refractivity contribution in [1.82, 2.24) is 0 Å². The van der Waals surface area contributed by atoms with Crippen LogP contribution in [0.15, 0.2) is 0 Å². The van der Waals surface area contributed by atoms with Crippen molar-refractivity contribution in [3.63, 3.8) is 0 Å². The Labute approximate surface area is 129 Å². The van der Waals surface area contributed by atoms with Crippen molar-refractivity contribution < 1.29 is 14.3 Å². The largest absolute Gasteiger partial charge is 0.462 e. The number of amides is 1. The van der Waals surface area contributed by atoms with Gasteiger partial charge < -0.3 is 15.8 Å². The van der Waals surface area contributed by atoms with Crippen LogP contribution in [0.5, 0.6) is 0 Å². The Hall–Kier alpha value is -1.40. The molecule has 5 nitrogen and oxygen atoms in total. The molecule has 1 rings (SSSR count). The first-order valence-electron chi connectivity index (χ1n) is 7.16. The van der Waals surface area contributed by atoms with Gasteiger partial charge in [0.15, 0.2) is 0 Å². The molecule has 3 N–H and O–H groups in total. The molecule has 118 valence electrons. The van der Waals surface area contributed by atoms with Gasteiger partial charge in [0.25, 0.3) is 0 Å². The number of nitrogens with one attached hydrogen (secondary N) is 1. The van der Waals surface area contributed by atoms with Crippen LogP contribution < -0.4 is 11.1 Å². The van der Waals surface area contributed by atoms with Gasteiger partial charge in [-0.05, 0) is 32.3 Å². The van der Waals surface area contributed by atoms with Crippen LogP contribution in [-0.4, -0.2) is 24.5 Å². The van der Waals surface area contributed by atoms with Crippen molar-refractivity contribution in [2.45, 2.75) is 47.1 Å². The predicted molar refractivity (Wildman–Crippen MR) is 85.8 cm³/mol. The molecule has 0 saturated heterocycles. The first kappa shape index (κ1) is 17.7. The lowest BCUT2D eigenvalue weighted by molar-refractivity contribution is -0.118. The summed E-state index contributed by atoms with van der Waals surface area (Å²) in [6.45, 7) is 9.73. The summed E-state index contributed by atoms with van der Waals surface area (Å²) in [7, 11) is 0. The van der Waals surface area contributed by atoms with E-state index in [9.17, 15) is 9.59 Å². The predicted octanol–water partition coefficient (Wildman–Crippen LogP) is 2.85. The lowest BCUT2D eigenvalue weighted by Gasteiger charge is -2.17. The first-order valence-corrected chi connectivity index (χ1v) is 7.98. The highest BCUT2D eigenvalue weighted by molar-refractivity contribution is 7.16. The van der Waals surface area contributed by atoms with Crippen LogP contribution in [-0.2, 0) is 9.53 Å². The van der Waals surface area contributed by atoms with Crippen LogP contribution in [0.4, 0.5) is 5.00 Å². The monoisotopic (exact) mass is 312 g/mol. The minimum absolute atomic E-state index is 0.0817. The third-order valence-corrected chi connectivity index (χ3v) is 4.78. The van der Waals surface area contributed by atoms with Gasteiger partial charge in [-0.15, -0.1) is 11.3 Å². The van der Waals surface area contributed by atoms with E-state index >= 15 is 0 Å². The van der Waals surface area contributed by atoms with E-state index in [0.29, 0.717) is 17.2 Å². The molecule has 1 aromatic heterocycles. The number of anilines is 1. The van der Waals surface area contributed by atoms with E-state index < -0.39 is 12.0 Å². The third-order valence-electron chi connectivity index (χ3n) is 3.66. The zero-order valence-corrected chi connectivity index (χ0v) is 14.1. The maximum Gasteiger partial charge on any atom is 0.341 e. The standard InChI is InChI=1S/C15H24N2O3S/c1-6-8(3)12(16)13(18)17-14-11(15(19)20-7-2)9(4)10(5)21-14/h8,12H,6-7,16H2,1-5H3,(H,17,18). The van der Waals surface area contributed by atoms with Gasteiger partial charge in [0.1, 0.15) is 5.00 Å². The molecule has 0 spiro atoms. The Morgan fingerprint density at radius 1 is 1.33 bits per heavy atom. The average molecular weight is 312 g/mol. The number of hydrogen-bond donors (Lipinski definition) is 2. The van der Waals surface area contributed by atoms with Crippen LogP contribution in [0.25, 0.3) is 0 Å². The smallest absolute Gasteiger partial charge is 0.341 e. The zero-order chi connectivity index (χ0) is 16.2. The van der Waals surface area contributed by atoms with Crippen molar-refractivity contribution in [2.75, 3.05) is 11.9 Å². The van der Waals surface area contributed by atoms with E-state index in [4.69, 9.17) is 10.5 Å². The number of ether oxygens (including phenoxy) is 1. The van der Waals surface area contributed by atoms with Crippen LogP contribution >= 0.6 is 11.3 Å². The number of carbonyl (C=O) groups excluding carboxylic acids is 2. The molecule has 21 heavy (non-hydrogen) atoms. The minimum atomic E-state index is -0.590. The van der Waals surface area contributed by atoms with Crippen LogP contribution in [0.1, 0.15) is 48.0 Å². The molecule has 6 heteroatoms. The van der Waals surface area contributed by atoms with E-state index in [1.165, 1.54) is 11.3 Å². The molecule has 0 bridgehead atoms. The molecular formula is C15H24N2O3S. The van der Waals surface area contributed by atoms with E-state index in [2.05, 4.69) is 5.32 Å². The number of esters is 1. The fourth-order valence-corrected chi connectivity index (χ4v) is 2.92. The highest BCUT2D eigenvalue weighted by Crippen LogP contribution is 2.33. The number of nitrogens with two attached hydrogens (primary N) is 1. The van der Waals surface area contributed by atoms with Crippen molar-refractivity contribution in [2.24, 2.45) is 11.7 Å². The topological polar surface area (TPSA) is 81.4 Å². The van der Waals surface area contributed by atoms with E-state index in [-0.39, 0.29) is 11.8 Å². The molecule has 0 aliphatic heterocycles. The Kier molecular flexibility index (Phi) is 6.36. The molecule has 0 saturated carbocycles. The van der Waals surface area contributed by atoms with Gasteiger partial charge in [0.2, 0.25) is 5.91 Å². The molecule has 0 fully saturated rings. The fraction of sp³-hybridized carbons (Fsp3) is 0.600. The zero-order valence-electron chi connectivity index (χ0n) is 13.3. The Balaban J connectivity index is 3.01. The van der Waals surface area contributed by atoms with E-state index in [1.54, 1.807) is 6.92 Å². The molecule has 1 heterocycles. The van der Waals surface area contributed by atoms with Crippen molar-refractivity contribution in [3.8, 4) is 0 Å². The first-order chi connectivity index (χ1) is 9.83. The summed E-state index contributed by atoms with van der Waals surface area (Å²) < 4.78 is 5.06. The minimum Gasteiger partial charge on any atom is -0.462 e. The number of carbonyl (C=O) groups is 2. The molecule has 1 amide bonds. The molecule has 2 unspecified atom stereocenters. The molecule has 1 aromatic rings. The summed E-state index contributed by atoms with van der Waals surface area (Å²) in [6.07, 6.45) is 0.821. The molecule has 0 radical (unpaired) electrons. The number of rotatable bonds is 6. The van der Waals surface area contributed by atoms with Crippen LogP contribution in [0.3, 0.4) is 0 Å². The van der Waals surface area contributed by atoms with Gasteiger partial charge in [-0.1, -0.05) is 20.3 Å². The van der Waals surface area contributed by atoms with Gasteiger partial charge >= 0.3 is 5.97 Å². The quantitative estimate of drug-likeness (QED) is 0.791. The fourth-order valence-electron chi connectivity index (χ4n) is 1.87. The highest BCUT2D eigenvalue weighted by Gasteiger charge is 2.25. The summed E-state index contributed by atoms with van der Waals surface area (Å²) in [5.41, 5.74) is 7.20. The SMILES string of the molecule is CCOC(=O)c1c(NC(=O)C(N)C(C)CC)sc(C)c1C. The number of aryl methyl sites for hydroxylation is 1. The van der Waals surface area contributed by atoms with Gasteiger partial charge in [-0.2, -0.15) is 0 Å². The Bertz CT molecular complexity index is 525. The van der Waals surface area contributed by atoms with Crippen molar-refractivity contribution in [3.05, 3.63) is 16.0 Å². The normalized spacial score (nSPS) is 13.6. The second-order valence-corrected chi connectivity index (χ2v) is 6.33. The third kappa shape index (κ3) is 4.04. The van der Waals surface area contributed by atoms with Crippen LogP contribution in [0.2, 0.25) is 0 Å². The highest BCUT2D eigenvalue weighted by atomic mass is 32.1. The maximum absolute atomic E-state index is 12.2. The van der Waals surface area contributed by atoms with Gasteiger partial charge in [0, 0.05) is 4.88 Å². The molecule has 2 atom stereocenters. The molecule has 0 aromatic carbocycles. The lowest BCUT2D eigenvalue weighted by atomic mass is 9.99. The van der Waals surface area contributed by atoms with Crippen molar-refractivity contribution in [1.29, 1.82) is 0 Å². The Morgan fingerprint density at radius 2 is 1.95 bits per heavy atom. The van der Waals surface area contributed by atoms with E-state index in [0.717, 1.165) is 16.9 Å². The van der Waals surface area contributed by atoms with Crippen LogP contribution in [0, 0.1) is 19.8 Å². The van der Waals surface area contributed by atoms with E-state index in [1.807, 2.05) is 27.7 Å². The summed E-state index contributed by atoms with van der Waals surface area (Å²) in [6, 6.07) is -0.590. The van der Waals surface area contributed by atoms with Crippen molar-refractivity contribution >= 4 is 28.2 Å². The maximum atomic E-state index is 12.2. The Morgan fingerprint density at radius 3 is 2.48 bits per heavy atom. The summed E-state index contributed by atoms with van der Waals surface area (Å²) in [5.74, 6) is -0.596. The molecule has 0 aliphatic rings. The van der Waals surface area contributed by atoms with Gasteiger partial charge in [0.05, 0.1) is 18.2 Å². The molecule has 0 aliphatic carbocycles. The second-order valence-electron chi connectivity index (χ2n) is 5.11. The van der Waals surface area contributed by atoms with Gasteiger partial charge in [-0.25, -0.2) is 4.79 Å². The average Bonchev–Trinajstić information content (AvgIpc) is 2.72. The lowest BCUT2D eigenvalue weighted by Crippen LogP contribution is -2.40. The summed E-state index contributed by atoms with van der Waals surface area (Å²) in [5, 5.41) is 3.30. The number of hydrogen-bond acceptors (Lipinski definition) is 5. The summed E-state index contributed by atoms with van der Waals surface area (Å²) >= 11 is 1.37. The molecular weight excluding hydrogens is 288 g/mol. The summed E-state index contributed by atoms with van der Waals surface area (Å²) in [4.78, 5) is 25.2. The second kappa shape index (κ2) is 7.56. The number of thiophene rings is 1.